The van der Waals surface area contributed by atoms with Gasteiger partial charge in [-0.15, -0.1) is 0 Å². The average molecular weight is 278 g/mol. The van der Waals surface area contributed by atoms with Crippen LogP contribution in [0.5, 0.6) is 5.75 Å². The highest BCUT2D eigenvalue weighted by Gasteiger charge is 2.37. The van der Waals surface area contributed by atoms with E-state index in [4.69, 9.17) is 4.74 Å². The van der Waals surface area contributed by atoms with Crippen molar-refractivity contribution < 1.29 is 9.13 Å². The molecule has 1 aromatic carbocycles. The maximum atomic E-state index is 13.7. The highest BCUT2D eigenvalue weighted by atomic mass is 19.1. The second kappa shape index (κ2) is 5.70. The van der Waals surface area contributed by atoms with E-state index in [1.807, 2.05) is 6.07 Å². The fourth-order valence-electron chi connectivity index (χ4n) is 3.63. The van der Waals surface area contributed by atoms with E-state index in [2.05, 4.69) is 10.2 Å². The molecule has 4 heteroatoms. The van der Waals surface area contributed by atoms with E-state index in [0.717, 1.165) is 31.7 Å². The largest absolute Gasteiger partial charge is 0.494 e. The van der Waals surface area contributed by atoms with Crippen LogP contribution in [0.25, 0.3) is 0 Å². The third-order valence-corrected chi connectivity index (χ3v) is 4.64. The Balaban J connectivity index is 1.66. The Kier molecular flexibility index (Phi) is 3.94. The van der Waals surface area contributed by atoms with Crippen molar-refractivity contribution in [2.45, 2.75) is 37.8 Å². The van der Waals surface area contributed by atoms with Gasteiger partial charge in [0.1, 0.15) is 0 Å². The Hall–Kier alpha value is -1.13. The van der Waals surface area contributed by atoms with Gasteiger partial charge in [-0.05, 0) is 30.5 Å². The first-order valence-electron chi connectivity index (χ1n) is 7.51. The lowest BCUT2D eigenvalue weighted by molar-refractivity contribution is 0.128. The lowest BCUT2D eigenvalue weighted by atomic mass is 9.94. The molecular weight excluding hydrogens is 255 g/mol. The number of nitrogens with one attached hydrogen (secondary N) is 1. The summed E-state index contributed by atoms with van der Waals surface area (Å²) >= 11 is 0. The zero-order valence-corrected chi connectivity index (χ0v) is 12.1. The minimum absolute atomic E-state index is 0.268. The Morgan fingerprint density at radius 2 is 2.15 bits per heavy atom. The first-order valence-corrected chi connectivity index (χ1v) is 7.51. The Morgan fingerprint density at radius 3 is 2.85 bits per heavy atom. The first-order chi connectivity index (χ1) is 9.71. The van der Waals surface area contributed by atoms with E-state index >= 15 is 0 Å². The molecule has 3 rings (SSSR count). The molecule has 0 unspecified atom stereocenters. The molecule has 1 aliphatic heterocycles. The number of ether oxygens (including phenoxy) is 1. The van der Waals surface area contributed by atoms with E-state index in [1.54, 1.807) is 12.1 Å². The van der Waals surface area contributed by atoms with E-state index in [9.17, 15) is 4.39 Å². The van der Waals surface area contributed by atoms with Crippen molar-refractivity contribution in [2.75, 3.05) is 26.7 Å². The smallest absolute Gasteiger partial charge is 0.165 e. The third-order valence-electron chi connectivity index (χ3n) is 4.64. The van der Waals surface area contributed by atoms with Crippen LogP contribution in [-0.2, 0) is 6.54 Å². The lowest BCUT2D eigenvalue weighted by Crippen LogP contribution is -2.58. The summed E-state index contributed by atoms with van der Waals surface area (Å²) in [4.78, 5) is 2.45. The minimum Gasteiger partial charge on any atom is -0.494 e. The van der Waals surface area contributed by atoms with Gasteiger partial charge in [0, 0.05) is 31.7 Å². The topological polar surface area (TPSA) is 24.5 Å². The van der Waals surface area contributed by atoms with E-state index < -0.39 is 0 Å². The molecule has 2 aliphatic rings. The van der Waals surface area contributed by atoms with Gasteiger partial charge in [-0.1, -0.05) is 18.9 Å². The Bertz CT molecular complexity index is 472. The molecule has 1 heterocycles. The van der Waals surface area contributed by atoms with Crippen LogP contribution >= 0.6 is 0 Å². The Labute approximate surface area is 120 Å². The van der Waals surface area contributed by atoms with Crippen molar-refractivity contribution in [3.8, 4) is 5.75 Å². The van der Waals surface area contributed by atoms with Gasteiger partial charge >= 0.3 is 0 Å². The second-order valence-corrected chi connectivity index (χ2v) is 6.09. The standard InChI is InChI=1S/C16H23FN2O/c1-20-15-5-4-13(10-14(15)17)11-19-9-8-18-16(12-19)6-2-3-7-16/h4-5,10,18H,2-3,6-9,11-12H2,1H3. The van der Waals surface area contributed by atoms with Crippen LogP contribution in [0.15, 0.2) is 18.2 Å². The predicted molar refractivity (Wildman–Crippen MR) is 77.4 cm³/mol. The van der Waals surface area contributed by atoms with Crippen molar-refractivity contribution in [3.05, 3.63) is 29.6 Å². The summed E-state index contributed by atoms with van der Waals surface area (Å²) in [5.41, 5.74) is 1.35. The first kappa shape index (κ1) is 13.8. The van der Waals surface area contributed by atoms with Crippen molar-refractivity contribution in [3.63, 3.8) is 0 Å². The summed E-state index contributed by atoms with van der Waals surface area (Å²) in [5, 5.41) is 3.70. The molecule has 1 N–H and O–H groups in total. The molecule has 1 saturated carbocycles. The summed E-state index contributed by atoms with van der Waals surface area (Å²) in [7, 11) is 1.50. The van der Waals surface area contributed by atoms with Crippen molar-refractivity contribution in [1.29, 1.82) is 0 Å². The number of hydrogen-bond acceptors (Lipinski definition) is 3. The molecule has 0 amide bonds. The molecule has 1 aromatic rings. The molecule has 0 aromatic heterocycles. The number of benzene rings is 1. The van der Waals surface area contributed by atoms with Gasteiger partial charge in [0.05, 0.1) is 7.11 Å². The maximum absolute atomic E-state index is 13.7. The van der Waals surface area contributed by atoms with E-state index in [1.165, 1.54) is 32.8 Å². The predicted octanol–water partition coefficient (Wildman–Crippen LogP) is 2.55. The van der Waals surface area contributed by atoms with Crippen molar-refractivity contribution >= 4 is 0 Å². The zero-order valence-electron chi connectivity index (χ0n) is 12.1. The van der Waals surface area contributed by atoms with Gasteiger partial charge in [-0.3, -0.25) is 4.90 Å². The summed E-state index contributed by atoms with van der Waals surface area (Å²) < 4.78 is 18.7. The van der Waals surface area contributed by atoms with Crippen LogP contribution in [-0.4, -0.2) is 37.2 Å². The molecule has 0 radical (unpaired) electrons. The molecule has 3 nitrogen and oxygen atoms in total. The normalized spacial score (nSPS) is 22.3. The average Bonchev–Trinajstić information content (AvgIpc) is 2.87. The third kappa shape index (κ3) is 2.81. The molecule has 1 saturated heterocycles. The molecule has 110 valence electrons. The van der Waals surface area contributed by atoms with E-state index in [0.29, 0.717) is 11.3 Å². The summed E-state index contributed by atoms with van der Waals surface area (Å²) in [6.07, 6.45) is 5.22. The monoisotopic (exact) mass is 278 g/mol. The molecule has 1 spiro atoms. The van der Waals surface area contributed by atoms with Gasteiger partial charge in [-0.2, -0.15) is 0 Å². The van der Waals surface area contributed by atoms with Gasteiger partial charge in [0.15, 0.2) is 11.6 Å². The summed E-state index contributed by atoms with van der Waals surface area (Å²) in [6, 6.07) is 5.28. The van der Waals surface area contributed by atoms with Crippen molar-refractivity contribution in [1.82, 2.24) is 10.2 Å². The second-order valence-electron chi connectivity index (χ2n) is 6.09. The minimum atomic E-state index is -0.268. The summed E-state index contributed by atoms with van der Waals surface area (Å²) in [5.74, 6) is 0.0528. The molecule has 0 bridgehead atoms. The van der Waals surface area contributed by atoms with Crippen LogP contribution in [0.3, 0.4) is 0 Å². The fraction of sp³-hybridized carbons (Fsp3) is 0.625. The van der Waals surface area contributed by atoms with Gasteiger partial charge < -0.3 is 10.1 Å². The number of halogens is 1. The Morgan fingerprint density at radius 1 is 1.35 bits per heavy atom. The number of nitrogens with zero attached hydrogens (tertiary/aromatic N) is 1. The molecule has 1 aliphatic carbocycles. The van der Waals surface area contributed by atoms with Gasteiger partial charge in [0.25, 0.3) is 0 Å². The fourth-order valence-corrected chi connectivity index (χ4v) is 3.63. The number of piperazine rings is 1. The number of rotatable bonds is 3. The highest BCUT2D eigenvalue weighted by molar-refractivity contribution is 5.29. The molecule has 20 heavy (non-hydrogen) atoms. The molecule has 0 atom stereocenters. The highest BCUT2D eigenvalue weighted by Crippen LogP contribution is 2.32. The number of hydrogen-bond donors (Lipinski definition) is 1. The zero-order chi connectivity index (χ0) is 14.0. The van der Waals surface area contributed by atoms with Gasteiger partial charge in [0.2, 0.25) is 0 Å². The van der Waals surface area contributed by atoms with Crippen LogP contribution < -0.4 is 10.1 Å². The quantitative estimate of drug-likeness (QED) is 0.919. The number of methoxy groups -OCH3 is 1. The maximum Gasteiger partial charge on any atom is 0.165 e. The van der Waals surface area contributed by atoms with E-state index in [-0.39, 0.29) is 5.82 Å². The van der Waals surface area contributed by atoms with Crippen LogP contribution in [0, 0.1) is 5.82 Å². The van der Waals surface area contributed by atoms with Crippen LogP contribution in [0.1, 0.15) is 31.2 Å². The van der Waals surface area contributed by atoms with Crippen LogP contribution in [0.2, 0.25) is 0 Å². The molecule has 2 fully saturated rings. The van der Waals surface area contributed by atoms with Gasteiger partial charge in [-0.25, -0.2) is 4.39 Å². The SMILES string of the molecule is COc1ccc(CN2CCNC3(CCCC3)C2)cc1F. The molecular formula is C16H23FN2O. The van der Waals surface area contributed by atoms with Crippen molar-refractivity contribution in [2.24, 2.45) is 0 Å². The van der Waals surface area contributed by atoms with Crippen LogP contribution in [0.4, 0.5) is 4.39 Å². The lowest BCUT2D eigenvalue weighted by Gasteiger charge is -2.41. The summed E-state index contributed by atoms with van der Waals surface area (Å²) in [6.45, 7) is 3.99.